The Bertz CT molecular complexity index is 634. The molecule has 0 saturated carbocycles. The van der Waals surface area contributed by atoms with Crippen molar-refractivity contribution < 1.29 is 9.84 Å². The van der Waals surface area contributed by atoms with E-state index in [2.05, 4.69) is 20.5 Å². The van der Waals surface area contributed by atoms with Crippen molar-refractivity contribution in [3.8, 4) is 11.5 Å². The molecule has 6 nitrogen and oxygen atoms in total. The molecule has 0 amide bonds. The largest absolute Gasteiger partial charge is 0.507 e. The molecule has 0 unspecified atom stereocenters. The molecule has 7 heteroatoms. The van der Waals surface area contributed by atoms with Gasteiger partial charge in [-0.3, -0.25) is 5.43 Å². The number of rotatable bonds is 6. The van der Waals surface area contributed by atoms with Gasteiger partial charge in [-0.25, -0.2) is 9.97 Å². The van der Waals surface area contributed by atoms with Gasteiger partial charge in [-0.05, 0) is 18.6 Å². The van der Waals surface area contributed by atoms with E-state index in [4.69, 9.17) is 16.3 Å². The highest BCUT2D eigenvalue weighted by Crippen LogP contribution is 2.22. The van der Waals surface area contributed by atoms with Crippen molar-refractivity contribution >= 4 is 23.6 Å². The Labute approximate surface area is 127 Å². The highest BCUT2D eigenvalue weighted by Gasteiger charge is 2.02. The molecular weight excluding hydrogens is 292 g/mol. The summed E-state index contributed by atoms with van der Waals surface area (Å²) in [5.41, 5.74) is 3.21. The van der Waals surface area contributed by atoms with Gasteiger partial charge >= 0.3 is 0 Å². The predicted molar refractivity (Wildman–Crippen MR) is 82.2 cm³/mol. The van der Waals surface area contributed by atoms with E-state index in [0.29, 0.717) is 23.7 Å². The summed E-state index contributed by atoms with van der Waals surface area (Å²) < 4.78 is 5.42. The van der Waals surface area contributed by atoms with E-state index < -0.39 is 0 Å². The van der Waals surface area contributed by atoms with Crippen LogP contribution in [0, 0.1) is 0 Å². The van der Waals surface area contributed by atoms with E-state index >= 15 is 0 Å². The molecule has 21 heavy (non-hydrogen) atoms. The highest BCUT2D eigenvalue weighted by molar-refractivity contribution is 6.31. The molecule has 2 rings (SSSR count). The number of phenols is 1. The summed E-state index contributed by atoms with van der Waals surface area (Å²) in [7, 11) is 0. The van der Waals surface area contributed by atoms with Gasteiger partial charge in [0.25, 0.3) is 0 Å². The maximum absolute atomic E-state index is 9.89. The number of aromatic hydroxyl groups is 1. The number of halogens is 1. The van der Waals surface area contributed by atoms with Crippen molar-refractivity contribution in [2.24, 2.45) is 5.10 Å². The number of hydrogen-bond acceptors (Lipinski definition) is 6. The maximum Gasteiger partial charge on any atom is 0.184 e. The van der Waals surface area contributed by atoms with Gasteiger partial charge < -0.3 is 9.84 Å². The molecule has 0 spiro atoms. The lowest BCUT2D eigenvalue weighted by atomic mass is 10.2. The van der Waals surface area contributed by atoms with Gasteiger partial charge in [-0.1, -0.05) is 18.5 Å². The number of ether oxygens (including phenoxy) is 1. The molecule has 110 valence electrons. The average Bonchev–Trinajstić information content (AvgIpc) is 2.49. The minimum Gasteiger partial charge on any atom is -0.507 e. The van der Waals surface area contributed by atoms with Gasteiger partial charge in [0, 0.05) is 24.0 Å². The molecule has 1 aromatic carbocycles. The lowest BCUT2D eigenvalue weighted by Gasteiger charge is -2.06. The first-order valence-corrected chi connectivity index (χ1v) is 6.80. The SMILES string of the molecule is CCCOc1ccc(/C=N\Nc2nccnc2Cl)c(O)c1. The zero-order valence-corrected chi connectivity index (χ0v) is 12.2. The Kier molecular flexibility index (Phi) is 5.34. The minimum atomic E-state index is 0.0828. The second kappa shape index (κ2) is 7.44. The van der Waals surface area contributed by atoms with Crippen LogP contribution in [-0.4, -0.2) is 27.9 Å². The third kappa shape index (κ3) is 4.32. The molecule has 1 aromatic heterocycles. The Balaban J connectivity index is 2.02. The van der Waals surface area contributed by atoms with Crippen LogP contribution in [0.15, 0.2) is 35.7 Å². The van der Waals surface area contributed by atoms with Crippen LogP contribution in [0.1, 0.15) is 18.9 Å². The Hall–Kier alpha value is -2.34. The van der Waals surface area contributed by atoms with Crippen LogP contribution in [0.5, 0.6) is 11.5 Å². The number of benzene rings is 1. The van der Waals surface area contributed by atoms with Gasteiger partial charge in [-0.15, -0.1) is 0 Å². The van der Waals surface area contributed by atoms with Crippen molar-refractivity contribution in [1.82, 2.24) is 9.97 Å². The van der Waals surface area contributed by atoms with Crippen molar-refractivity contribution in [3.05, 3.63) is 41.3 Å². The lowest BCUT2D eigenvalue weighted by molar-refractivity contribution is 0.315. The summed E-state index contributed by atoms with van der Waals surface area (Å²) in [6, 6.07) is 5.03. The van der Waals surface area contributed by atoms with Crippen LogP contribution in [-0.2, 0) is 0 Å². The van der Waals surface area contributed by atoms with Crippen LogP contribution < -0.4 is 10.2 Å². The average molecular weight is 307 g/mol. The summed E-state index contributed by atoms with van der Waals surface area (Å²) in [4.78, 5) is 7.84. The summed E-state index contributed by atoms with van der Waals surface area (Å²) in [5, 5.41) is 14.1. The molecule has 2 N–H and O–H groups in total. The topological polar surface area (TPSA) is 79.6 Å². The fourth-order valence-corrected chi connectivity index (χ4v) is 1.65. The van der Waals surface area contributed by atoms with Crippen molar-refractivity contribution in [2.45, 2.75) is 13.3 Å². The Morgan fingerprint density at radius 3 is 2.90 bits per heavy atom. The third-order valence-corrected chi connectivity index (χ3v) is 2.78. The molecule has 0 radical (unpaired) electrons. The second-order valence-electron chi connectivity index (χ2n) is 4.13. The molecule has 0 atom stereocenters. The summed E-state index contributed by atoms with van der Waals surface area (Å²) in [5.74, 6) is 1.05. The van der Waals surface area contributed by atoms with Gasteiger partial charge in [0.15, 0.2) is 11.0 Å². The fraction of sp³-hybridized carbons (Fsp3) is 0.214. The van der Waals surface area contributed by atoms with E-state index in [1.54, 1.807) is 18.2 Å². The number of nitrogens with zero attached hydrogens (tertiary/aromatic N) is 3. The van der Waals surface area contributed by atoms with Crippen molar-refractivity contribution in [1.29, 1.82) is 0 Å². The highest BCUT2D eigenvalue weighted by atomic mass is 35.5. The van der Waals surface area contributed by atoms with Crippen LogP contribution in [0.2, 0.25) is 5.15 Å². The van der Waals surface area contributed by atoms with E-state index in [-0.39, 0.29) is 10.9 Å². The molecule has 0 aliphatic carbocycles. The van der Waals surface area contributed by atoms with E-state index in [1.165, 1.54) is 18.6 Å². The first-order valence-electron chi connectivity index (χ1n) is 6.42. The standard InChI is InChI=1S/C14H15ClN4O2/c1-2-7-21-11-4-3-10(12(20)8-11)9-18-19-14-13(15)16-5-6-17-14/h3-6,8-9,20H,2,7H2,1H3,(H,17,19)/b18-9-. The second-order valence-corrected chi connectivity index (χ2v) is 4.49. The maximum atomic E-state index is 9.89. The Morgan fingerprint density at radius 2 is 2.19 bits per heavy atom. The van der Waals surface area contributed by atoms with E-state index in [0.717, 1.165) is 6.42 Å². The number of aromatic nitrogens is 2. The molecule has 0 saturated heterocycles. The summed E-state index contributed by atoms with van der Waals surface area (Å²) >= 11 is 5.83. The predicted octanol–water partition coefficient (Wildman–Crippen LogP) is 3.07. The van der Waals surface area contributed by atoms with Crippen LogP contribution in [0.3, 0.4) is 0 Å². The normalized spacial score (nSPS) is 10.8. The monoisotopic (exact) mass is 306 g/mol. The smallest absolute Gasteiger partial charge is 0.184 e. The van der Waals surface area contributed by atoms with Gasteiger partial charge in [-0.2, -0.15) is 5.10 Å². The van der Waals surface area contributed by atoms with E-state index in [1.807, 2.05) is 6.92 Å². The number of nitrogens with one attached hydrogen (secondary N) is 1. The van der Waals surface area contributed by atoms with Crippen LogP contribution in [0.25, 0.3) is 0 Å². The minimum absolute atomic E-state index is 0.0828. The van der Waals surface area contributed by atoms with Crippen molar-refractivity contribution in [2.75, 3.05) is 12.0 Å². The Morgan fingerprint density at radius 1 is 1.38 bits per heavy atom. The molecule has 0 fully saturated rings. The lowest BCUT2D eigenvalue weighted by Crippen LogP contribution is -1.97. The van der Waals surface area contributed by atoms with Gasteiger partial charge in [0.2, 0.25) is 0 Å². The first kappa shape index (κ1) is 15.1. The van der Waals surface area contributed by atoms with Gasteiger partial charge in [0.1, 0.15) is 11.5 Å². The van der Waals surface area contributed by atoms with Crippen LogP contribution >= 0.6 is 11.6 Å². The summed E-state index contributed by atoms with van der Waals surface area (Å²) in [6.07, 6.45) is 5.36. The molecule has 1 heterocycles. The molecule has 2 aromatic rings. The fourth-order valence-electron chi connectivity index (χ4n) is 1.50. The van der Waals surface area contributed by atoms with Crippen LogP contribution in [0.4, 0.5) is 5.82 Å². The third-order valence-electron chi connectivity index (χ3n) is 2.50. The molecule has 0 bridgehead atoms. The zero-order chi connectivity index (χ0) is 15.1. The quantitative estimate of drug-likeness (QED) is 0.633. The molecule has 0 aliphatic rings. The number of hydrazone groups is 1. The first-order chi connectivity index (χ1) is 10.2. The van der Waals surface area contributed by atoms with Crippen molar-refractivity contribution in [3.63, 3.8) is 0 Å². The van der Waals surface area contributed by atoms with E-state index in [9.17, 15) is 5.11 Å². The number of hydrogen-bond donors (Lipinski definition) is 2. The molecule has 0 aliphatic heterocycles. The number of anilines is 1. The number of phenolic OH excluding ortho intramolecular Hbond substituents is 1. The molecular formula is C14H15ClN4O2. The van der Waals surface area contributed by atoms with Gasteiger partial charge in [0.05, 0.1) is 12.8 Å². The zero-order valence-electron chi connectivity index (χ0n) is 11.5. The summed E-state index contributed by atoms with van der Waals surface area (Å²) in [6.45, 7) is 2.63.